The van der Waals surface area contributed by atoms with Crippen molar-refractivity contribution in [1.82, 2.24) is 14.9 Å². The standard InChI is InChI=1S/C16H10Cl2N4O2S/c17-10-5-6-12(13(18)7-10)14-20-21-16(25)22(14)19-8-9-3-1-2-4-11(9)15(23)24/h1-8H,(H,21,25)(H,23,24)/b19-8-. The summed E-state index contributed by atoms with van der Waals surface area (Å²) in [4.78, 5) is 11.3. The Balaban J connectivity index is 2.07. The van der Waals surface area contributed by atoms with Gasteiger partial charge in [0, 0.05) is 16.1 Å². The molecule has 3 rings (SSSR count). The molecule has 126 valence electrons. The molecule has 0 amide bonds. The van der Waals surface area contributed by atoms with Gasteiger partial charge in [-0.3, -0.25) is 0 Å². The topological polar surface area (TPSA) is 83.3 Å². The molecule has 9 heteroatoms. The Labute approximate surface area is 157 Å². The summed E-state index contributed by atoms with van der Waals surface area (Å²) in [5.74, 6) is -0.658. The van der Waals surface area contributed by atoms with Crippen LogP contribution in [0.2, 0.25) is 10.0 Å². The Bertz CT molecular complexity index is 1040. The van der Waals surface area contributed by atoms with Gasteiger partial charge in [0.2, 0.25) is 4.77 Å². The van der Waals surface area contributed by atoms with Gasteiger partial charge in [0.15, 0.2) is 5.82 Å². The Morgan fingerprint density at radius 1 is 1.28 bits per heavy atom. The maximum Gasteiger partial charge on any atom is 0.336 e. The zero-order chi connectivity index (χ0) is 18.0. The molecule has 0 unspecified atom stereocenters. The minimum atomic E-state index is -1.04. The second-order valence-electron chi connectivity index (χ2n) is 4.93. The van der Waals surface area contributed by atoms with Crippen molar-refractivity contribution in [3.8, 4) is 11.4 Å². The highest BCUT2D eigenvalue weighted by atomic mass is 35.5. The van der Waals surface area contributed by atoms with Crippen LogP contribution in [0.3, 0.4) is 0 Å². The first-order valence-electron chi connectivity index (χ1n) is 6.97. The summed E-state index contributed by atoms with van der Waals surface area (Å²) in [5, 5.41) is 21.2. The van der Waals surface area contributed by atoms with E-state index in [1.165, 1.54) is 17.0 Å². The lowest BCUT2D eigenvalue weighted by atomic mass is 10.1. The van der Waals surface area contributed by atoms with E-state index in [1.807, 2.05) is 0 Å². The van der Waals surface area contributed by atoms with Crippen molar-refractivity contribution >= 4 is 47.6 Å². The zero-order valence-electron chi connectivity index (χ0n) is 12.5. The number of rotatable bonds is 4. The summed E-state index contributed by atoms with van der Waals surface area (Å²) >= 11 is 17.3. The number of hydrogen-bond donors (Lipinski definition) is 2. The molecule has 1 heterocycles. The zero-order valence-corrected chi connectivity index (χ0v) is 14.8. The average molecular weight is 393 g/mol. The van der Waals surface area contributed by atoms with Gasteiger partial charge in [-0.15, -0.1) is 0 Å². The van der Waals surface area contributed by atoms with Crippen LogP contribution in [0.4, 0.5) is 0 Å². The van der Waals surface area contributed by atoms with E-state index in [4.69, 9.17) is 35.4 Å². The van der Waals surface area contributed by atoms with Gasteiger partial charge in [-0.05, 0) is 36.5 Å². The first-order chi connectivity index (χ1) is 12.0. The van der Waals surface area contributed by atoms with Gasteiger partial charge >= 0.3 is 5.97 Å². The van der Waals surface area contributed by atoms with E-state index in [2.05, 4.69) is 15.3 Å². The Morgan fingerprint density at radius 3 is 2.76 bits per heavy atom. The third kappa shape index (κ3) is 3.63. The SMILES string of the molecule is O=C(O)c1ccccc1/C=N\n1c(-c2ccc(Cl)cc2Cl)n[nH]c1=S. The minimum Gasteiger partial charge on any atom is -0.478 e. The Kier molecular flexibility index (Phi) is 4.98. The number of aromatic carboxylic acids is 1. The van der Waals surface area contributed by atoms with Crippen LogP contribution in [0.15, 0.2) is 47.6 Å². The van der Waals surface area contributed by atoms with Crippen molar-refractivity contribution in [1.29, 1.82) is 0 Å². The van der Waals surface area contributed by atoms with E-state index in [9.17, 15) is 9.90 Å². The quantitative estimate of drug-likeness (QED) is 0.505. The molecule has 0 spiro atoms. The van der Waals surface area contributed by atoms with Crippen LogP contribution in [0.25, 0.3) is 11.4 Å². The normalized spacial score (nSPS) is 11.1. The molecule has 0 atom stereocenters. The molecule has 0 saturated carbocycles. The number of benzene rings is 2. The van der Waals surface area contributed by atoms with Crippen molar-refractivity contribution in [3.05, 3.63) is 68.4 Å². The van der Waals surface area contributed by atoms with E-state index in [-0.39, 0.29) is 10.3 Å². The van der Waals surface area contributed by atoms with Gasteiger partial charge in [-0.2, -0.15) is 14.9 Å². The summed E-state index contributed by atoms with van der Waals surface area (Å²) in [6.07, 6.45) is 1.40. The van der Waals surface area contributed by atoms with Crippen molar-refractivity contribution < 1.29 is 9.90 Å². The first-order valence-corrected chi connectivity index (χ1v) is 8.13. The summed E-state index contributed by atoms with van der Waals surface area (Å²) < 4.78 is 1.60. The highest BCUT2D eigenvalue weighted by molar-refractivity contribution is 7.71. The lowest BCUT2D eigenvalue weighted by Crippen LogP contribution is -2.02. The van der Waals surface area contributed by atoms with E-state index in [0.29, 0.717) is 27.0 Å². The van der Waals surface area contributed by atoms with Crippen molar-refractivity contribution in [3.63, 3.8) is 0 Å². The smallest absolute Gasteiger partial charge is 0.336 e. The number of carboxylic acids is 1. The Hall–Kier alpha value is -2.48. The van der Waals surface area contributed by atoms with E-state index in [1.54, 1.807) is 36.4 Å². The van der Waals surface area contributed by atoms with Crippen LogP contribution in [-0.4, -0.2) is 32.2 Å². The van der Waals surface area contributed by atoms with Crippen LogP contribution >= 0.6 is 35.4 Å². The van der Waals surface area contributed by atoms with Crippen LogP contribution in [-0.2, 0) is 0 Å². The third-order valence-corrected chi connectivity index (χ3v) is 4.14. The molecule has 0 aliphatic carbocycles. The molecule has 0 saturated heterocycles. The lowest BCUT2D eigenvalue weighted by molar-refractivity contribution is 0.0697. The molecule has 0 aliphatic heterocycles. The predicted molar refractivity (Wildman–Crippen MR) is 99.3 cm³/mol. The molecule has 2 N–H and O–H groups in total. The highest BCUT2D eigenvalue weighted by Gasteiger charge is 2.13. The van der Waals surface area contributed by atoms with Crippen molar-refractivity contribution in [2.45, 2.75) is 0 Å². The maximum absolute atomic E-state index is 11.3. The first kappa shape index (κ1) is 17.3. The molecule has 0 radical (unpaired) electrons. The molecule has 3 aromatic rings. The highest BCUT2D eigenvalue weighted by Crippen LogP contribution is 2.29. The van der Waals surface area contributed by atoms with Gasteiger partial charge in [-0.1, -0.05) is 41.4 Å². The second-order valence-corrected chi connectivity index (χ2v) is 6.16. The molecular formula is C16H10Cl2N4O2S. The van der Waals surface area contributed by atoms with Crippen LogP contribution in [0.5, 0.6) is 0 Å². The fourth-order valence-corrected chi connectivity index (χ4v) is 2.84. The number of H-pyrrole nitrogens is 1. The number of hydrogen-bond acceptors (Lipinski definition) is 4. The Morgan fingerprint density at radius 2 is 2.04 bits per heavy atom. The van der Waals surface area contributed by atoms with Gasteiger partial charge in [0.1, 0.15) is 0 Å². The molecule has 0 bridgehead atoms. The predicted octanol–water partition coefficient (Wildman–Crippen LogP) is 4.49. The fraction of sp³-hybridized carbons (Fsp3) is 0. The van der Waals surface area contributed by atoms with Gasteiger partial charge in [-0.25, -0.2) is 9.89 Å². The summed E-state index contributed by atoms with van der Waals surface area (Å²) in [6.45, 7) is 0. The monoisotopic (exact) mass is 392 g/mol. The molecule has 25 heavy (non-hydrogen) atoms. The van der Waals surface area contributed by atoms with E-state index >= 15 is 0 Å². The number of nitrogens with zero attached hydrogens (tertiary/aromatic N) is 3. The van der Waals surface area contributed by atoms with Gasteiger partial charge in [0.05, 0.1) is 16.8 Å². The number of nitrogens with one attached hydrogen (secondary N) is 1. The molecule has 0 aliphatic rings. The molecule has 0 fully saturated rings. The number of halogens is 2. The fourth-order valence-electron chi connectivity index (χ4n) is 2.17. The molecule has 2 aromatic carbocycles. The molecular weight excluding hydrogens is 383 g/mol. The summed E-state index contributed by atoms with van der Waals surface area (Å²) in [5.41, 5.74) is 1.15. The van der Waals surface area contributed by atoms with Crippen molar-refractivity contribution in [2.24, 2.45) is 5.10 Å². The van der Waals surface area contributed by atoms with Crippen LogP contribution < -0.4 is 0 Å². The summed E-state index contributed by atoms with van der Waals surface area (Å²) in [6, 6.07) is 11.5. The van der Waals surface area contributed by atoms with Gasteiger partial charge in [0.25, 0.3) is 0 Å². The van der Waals surface area contributed by atoms with Gasteiger partial charge < -0.3 is 5.11 Å². The van der Waals surface area contributed by atoms with E-state index in [0.717, 1.165) is 0 Å². The molecule has 1 aromatic heterocycles. The number of aromatic nitrogens is 3. The maximum atomic E-state index is 11.3. The lowest BCUT2D eigenvalue weighted by Gasteiger charge is -2.04. The summed E-state index contributed by atoms with van der Waals surface area (Å²) in [7, 11) is 0. The van der Waals surface area contributed by atoms with Crippen LogP contribution in [0.1, 0.15) is 15.9 Å². The number of aromatic amines is 1. The molecule has 6 nitrogen and oxygen atoms in total. The largest absolute Gasteiger partial charge is 0.478 e. The van der Waals surface area contributed by atoms with Crippen LogP contribution in [0, 0.1) is 4.77 Å². The average Bonchev–Trinajstić information content (AvgIpc) is 2.94. The van der Waals surface area contributed by atoms with Crippen molar-refractivity contribution in [2.75, 3.05) is 0 Å². The second kappa shape index (κ2) is 7.18. The number of carboxylic acid groups (broad SMARTS) is 1. The minimum absolute atomic E-state index is 0.132. The van der Waals surface area contributed by atoms with E-state index < -0.39 is 5.97 Å². The third-order valence-electron chi connectivity index (χ3n) is 3.33. The number of carbonyl (C=O) groups is 1.